The molecule has 64 valence electrons. The van der Waals surface area contributed by atoms with E-state index in [1.807, 2.05) is 0 Å². The second-order valence-electron chi connectivity index (χ2n) is 2.26. The molecular formula is C6H7N3O3. The molecule has 12 heavy (non-hydrogen) atoms. The summed E-state index contributed by atoms with van der Waals surface area (Å²) in [5.74, 6) is 0. The first kappa shape index (κ1) is 8.25. The first-order chi connectivity index (χ1) is 5.54. The lowest BCUT2D eigenvalue weighted by atomic mass is 10.3. The Hall–Kier alpha value is -1.85. The molecule has 0 radical (unpaired) electrons. The number of nitrogens with one attached hydrogen (secondary N) is 1. The van der Waals surface area contributed by atoms with Crippen molar-refractivity contribution >= 4 is 5.69 Å². The normalized spacial score (nSPS) is 9.75. The molecule has 1 aromatic heterocycles. The van der Waals surface area contributed by atoms with Crippen LogP contribution < -0.4 is 5.49 Å². The molecule has 0 aliphatic rings. The van der Waals surface area contributed by atoms with E-state index in [0.717, 1.165) is 6.07 Å². The minimum absolute atomic E-state index is 0.0486. The van der Waals surface area contributed by atoms with Crippen molar-refractivity contribution in [3.8, 4) is 0 Å². The number of hydrogen-bond donors (Lipinski definition) is 2. The molecule has 0 bridgehead atoms. The van der Waals surface area contributed by atoms with E-state index in [4.69, 9.17) is 10.6 Å². The van der Waals surface area contributed by atoms with E-state index in [2.05, 4.69) is 0 Å². The lowest BCUT2D eigenvalue weighted by Gasteiger charge is -2.01. The molecule has 0 amide bonds. The van der Waals surface area contributed by atoms with Crippen LogP contribution in [0.15, 0.2) is 12.1 Å². The molecule has 1 heterocycles. The summed E-state index contributed by atoms with van der Waals surface area (Å²) in [6.07, 6.45) is 0. The third-order valence-electron chi connectivity index (χ3n) is 1.51. The molecule has 0 aromatic carbocycles. The van der Waals surface area contributed by atoms with Gasteiger partial charge in [0, 0.05) is 6.07 Å². The standard InChI is InChI=1S/C6H7N3O3/c1-4-5(9(11)12)2-3-6(7)8(4)10/h2-3,7,10H,1H3. The van der Waals surface area contributed by atoms with Gasteiger partial charge >= 0.3 is 0 Å². The smallest absolute Gasteiger partial charge is 0.292 e. The molecular weight excluding hydrogens is 162 g/mol. The van der Waals surface area contributed by atoms with Gasteiger partial charge < -0.3 is 5.21 Å². The second-order valence-corrected chi connectivity index (χ2v) is 2.26. The van der Waals surface area contributed by atoms with Crippen LogP contribution in [0.1, 0.15) is 5.69 Å². The molecule has 0 aliphatic heterocycles. The van der Waals surface area contributed by atoms with Gasteiger partial charge in [0.2, 0.25) is 0 Å². The number of aromatic nitrogens is 1. The Morgan fingerprint density at radius 2 is 2.25 bits per heavy atom. The molecule has 1 aromatic rings. The van der Waals surface area contributed by atoms with E-state index >= 15 is 0 Å². The zero-order valence-corrected chi connectivity index (χ0v) is 6.31. The van der Waals surface area contributed by atoms with Crippen molar-refractivity contribution in [1.82, 2.24) is 4.73 Å². The topological polar surface area (TPSA) is 92.2 Å². The Morgan fingerprint density at radius 1 is 1.67 bits per heavy atom. The SMILES string of the molecule is Cc1c([N+](=O)[O-])ccc(=N)n1O. The van der Waals surface area contributed by atoms with Crippen molar-refractivity contribution in [3.05, 3.63) is 33.4 Å². The van der Waals surface area contributed by atoms with E-state index in [1.54, 1.807) is 0 Å². The Balaban J connectivity index is 3.47. The molecule has 0 saturated heterocycles. The van der Waals surface area contributed by atoms with Gasteiger partial charge in [0.25, 0.3) is 5.69 Å². The minimum atomic E-state index is -0.610. The van der Waals surface area contributed by atoms with Gasteiger partial charge in [-0.15, -0.1) is 0 Å². The van der Waals surface area contributed by atoms with Crippen LogP contribution in [0.25, 0.3) is 0 Å². The maximum absolute atomic E-state index is 10.3. The zero-order valence-electron chi connectivity index (χ0n) is 6.31. The van der Waals surface area contributed by atoms with Gasteiger partial charge in [-0.1, -0.05) is 0 Å². The summed E-state index contributed by atoms with van der Waals surface area (Å²) in [6.45, 7) is 1.37. The number of nitrogens with zero attached hydrogens (tertiary/aromatic N) is 2. The highest BCUT2D eigenvalue weighted by Crippen LogP contribution is 2.12. The molecule has 0 atom stereocenters. The van der Waals surface area contributed by atoms with Crippen molar-refractivity contribution < 1.29 is 10.1 Å². The fraction of sp³-hybridized carbons (Fsp3) is 0.167. The van der Waals surface area contributed by atoms with Crippen molar-refractivity contribution in [2.24, 2.45) is 0 Å². The van der Waals surface area contributed by atoms with Gasteiger partial charge in [-0.25, -0.2) is 0 Å². The van der Waals surface area contributed by atoms with Gasteiger partial charge in [0.15, 0.2) is 5.49 Å². The third kappa shape index (κ3) is 1.14. The average Bonchev–Trinajstić information content (AvgIpc) is 2.00. The fourth-order valence-electron chi connectivity index (χ4n) is 0.831. The molecule has 6 heteroatoms. The van der Waals surface area contributed by atoms with Crippen LogP contribution in [0.3, 0.4) is 0 Å². The highest BCUT2D eigenvalue weighted by molar-refractivity contribution is 5.33. The Bertz CT molecular complexity index is 382. The highest BCUT2D eigenvalue weighted by atomic mass is 16.6. The maximum Gasteiger partial charge on any atom is 0.292 e. The lowest BCUT2D eigenvalue weighted by molar-refractivity contribution is -0.386. The number of rotatable bonds is 1. The summed E-state index contributed by atoms with van der Waals surface area (Å²) < 4.78 is 0.470. The van der Waals surface area contributed by atoms with E-state index in [-0.39, 0.29) is 16.9 Å². The summed E-state index contributed by atoms with van der Waals surface area (Å²) in [4.78, 5) is 9.70. The number of nitro groups is 1. The molecule has 0 unspecified atom stereocenters. The predicted molar refractivity (Wildman–Crippen MR) is 38.9 cm³/mol. The monoisotopic (exact) mass is 169 g/mol. The predicted octanol–water partition coefficient (Wildman–Crippen LogP) is 0.421. The molecule has 0 saturated carbocycles. The van der Waals surface area contributed by atoms with Gasteiger partial charge in [-0.2, -0.15) is 4.73 Å². The van der Waals surface area contributed by atoms with E-state index in [9.17, 15) is 10.1 Å². The number of pyridine rings is 1. The first-order valence-electron chi connectivity index (χ1n) is 3.15. The van der Waals surface area contributed by atoms with Gasteiger partial charge in [0.05, 0.1) is 4.92 Å². The lowest BCUT2D eigenvalue weighted by Crippen LogP contribution is -2.19. The molecule has 0 fully saturated rings. The summed E-state index contributed by atoms with van der Waals surface area (Å²) in [6, 6.07) is 2.34. The highest BCUT2D eigenvalue weighted by Gasteiger charge is 2.12. The Morgan fingerprint density at radius 3 is 2.75 bits per heavy atom. The molecule has 0 aliphatic carbocycles. The fourth-order valence-corrected chi connectivity index (χ4v) is 0.831. The van der Waals surface area contributed by atoms with Crippen LogP contribution >= 0.6 is 0 Å². The van der Waals surface area contributed by atoms with Crippen LogP contribution in [-0.4, -0.2) is 14.9 Å². The molecule has 2 N–H and O–H groups in total. The van der Waals surface area contributed by atoms with Crippen LogP contribution in [0, 0.1) is 22.4 Å². The van der Waals surface area contributed by atoms with E-state index in [0.29, 0.717) is 4.73 Å². The largest absolute Gasteiger partial charge is 0.426 e. The third-order valence-corrected chi connectivity index (χ3v) is 1.51. The minimum Gasteiger partial charge on any atom is -0.426 e. The van der Waals surface area contributed by atoms with Crippen molar-refractivity contribution in [2.75, 3.05) is 0 Å². The van der Waals surface area contributed by atoms with Gasteiger partial charge in [-0.3, -0.25) is 15.5 Å². The Labute approximate surface area is 67.3 Å². The van der Waals surface area contributed by atoms with Crippen LogP contribution in [0.2, 0.25) is 0 Å². The number of hydrogen-bond acceptors (Lipinski definition) is 4. The molecule has 6 nitrogen and oxygen atoms in total. The van der Waals surface area contributed by atoms with Crippen LogP contribution in [0.5, 0.6) is 0 Å². The summed E-state index contributed by atoms with van der Waals surface area (Å²) in [5.41, 5.74) is -0.334. The summed E-state index contributed by atoms with van der Waals surface area (Å²) in [5, 5.41) is 26.5. The van der Waals surface area contributed by atoms with Gasteiger partial charge in [0.1, 0.15) is 5.69 Å². The average molecular weight is 169 g/mol. The Kier molecular flexibility index (Phi) is 1.82. The van der Waals surface area contributed by atoms with Crippen LogP contribution in [-0.2, 0) is 0 Å². The second kappa shape index (κ2) is 2.65. The van der Waals surface area contributed by atoms with E-state index < -0.39 is 4.92 Å². The summed E-state index contributed by atoms with van der Waals surface area (Å²) in [7, 11) is 0. The quantitative estimate of drug-likeness (QED) is 0.362. The molecule has 0 spiro atoms. The maximum atomic E-state index is 10.3. The van der Waals surface area contributed by atoms with E-state index in [1.165, 1.54) is 13.0 Å². The van der Waals surface area contributed by atoms with Crippen LogP contribution in [0.4, 0.5) is 5.69 Å². The first-order valence-corrected chi connectivity index (χ1v) is 3.15. The van der Waals surface area contributed by atoms with Crippen molar-refractivity contribution in [2.45, 2.75) is 6.92 Å². The van der Waals surface area contributed by atoms with Gasteiger partial charge in [-0.05, 0) is 13.0 Å². The zero-order chi connectivity index (χ0) is 9.30. The van der Waals surface area contributed by atoms with Crippen molar-refractivity contribution in [1.29, 1.82) is 5.41 Å². The summed E-state index contributed by atoms with van der Waals surface area (Å²) >= 11 is 0. The molecule has 1 rings (SSSR count). The van der Waals surface area contributed by atoms with Crippen molar-refractivity contribution in [3.63, 3.8) is 0 Å².